The Balaban J connectivity index is 1.52. The minimum absolute atomic E-state index is 0.158. The maximum absolute atomic E-state index is 12.6. The minimum Gasteiger partial charge on any atom is -0.447 e. The fourth-order valence-corrected chi connectivity index (χ4v) is 4.21. The van der Waals surface area contributed by atoms with Crippen LogP contribution in [-0.2, 0) is 4.74 Å². The highest BCUT2D eigenvalue weighted by molar-refractivity contribution is 7.14. The zero-order chi connectivity index (χ0) is 17.2. The molecule has 2 amide bonds. The predicted octanol–water partition coefficient (Wildman–Crippen LogP) is 3.38. The van der Waals surface area contributed by atoms with E-state index in [4.69, 9.17) is 4.74 Å². The minimum atomic E-state index is -0.382. The van der Waals surface area contributed by atoms with Crippen molar-refractivity contribution in [2.75, 3.05) is 29.9 Å². The van der Waals surface area contributed by atoms with E-state index in [0.29, 0.717) is 35.4 Å². The van der Waals surface area contributed by atoms with E-state index in [1.807, 2.05) is 30.3 Å². The van der Waals surface area contributed by atoms with E-state index in [1.165, 1.54) is 27.5 Å². The lowest BCUT2D eigenvalue weighted by Gasteiger charge is -2.17. The quantitative estimate of drug-likeness (QED) is 0.880. The second kappa shape index (κ2) is 6.85. The average molecular weight is 357 g/mol. The van der Waals surface area contributed by atoms with E-state index in [9.17, 15) is 9.59 Å². The SMILES string of the molecule is O=C(Nc1ccccc1N1CCOC1=O)c1ccc([C@@H]2CCCN2)s1. The molecule has 7 heteroatoms. The molecular formula is C18H19N3O3S. The van der Waals surface area contributed by atoms with E-state index in [1.54, 1.807) is 6.07 Å². The Morgan fingerprint density at radius 3 is 2.92 bits per heavy atom. The molecule has 3 heterocycles. The normalized spacial score (nSPS) is 19.9. The van der Waals surface area contributed by atoms with E-state index in [2.05, 4.69) is 10.6 Å². The second-order valence-electron chi connectivity index (χ2n) is 6.09. The summed E-state index contributed by atoms with van der Waals surface area (Å²) in [6.07, 6.45) is 1.90. The van der Waals surface area contributed by atoms with Crippen LogP contribution in [0.3, 0.4) is 0 Å². The number of benzene rings is 1. The Morgan fingerprint density at radius 1 is 1.28 bits per heavy atom. The summed E-state index contributed by atoms with van der Waals surface area (Å²) in [6, 6.07) is 11.5. The van der Waals surface area contributed by atoms with Gasteiger partial charge in [-0.15, -0.1) is 11.3 Å². The van der Waals surface area contributed by atoms with Gasteiger partial charge in [0.2, 0.25) is 0 Å². The maximum Gasteiger partial charge on any atom is 0.414 e. The van der Waals surface area contributed by atoms with Crippen LogP contribution in [0.2, 0.25) is 0 Å². The van der Waals surface area contributed by atoms with E-state index < -0.39 is 0 Å². The van der Waals surface area contributed by atoms with Crippen molar-refractivity contribution in [3.8, 4) is 0 Å². The maximum atomic E-state index is 12.6. The summed E-state index contributed by atoms with van der Waals surface area (Å²) in [5.41, 5.74) is 1.27. The molecule has 2 aliphatic heterocycles. The van der Waals surface area contributed by atoms with Crippen LogP contribution in [0, 0.1) is 0 Å². The highest BCUT2D eigenvalue weighted by Gasteiger charge is 2.26. The molecule has 0 unspecified atom stereocenters. The molecule has 130 valence electrons. The molecule has 2 aromatic rings. The average Bonchev–Trinajstić information content (AvgIpc) is 3.36. The van der Waals surface area contributed by atoms with Gasteiger partial charge in [0, 0.05) is 10.9 Å². The highest BCUT2D eigenvalue weighted by atomic mass is 32.1. The van der Waals surface area contributed by atoms with Crippen LogP contribution in [0.5, 0.6) is 0 Å². The van der Waals surface area contributed by atoms with Crippen LogP contribution >= 0.6 is 11.3 Å². The fourth-order valence-electron chi connectivity index (χ4n) is 3.20. The lowest BCUT2D eigenvalue weighted by Crippen LogP contribution is -2.25. The summed E-state index contributed by atoms with van der Waals surface area (Å²) in [5, 5.41) is 6.38. The molecule has 2 saturated heterocycles. The van der Waals surface area contributed by atoms with Crippen LogP contribution in [0.15, 0.2) is 36.4 Å². The molecular weight excluding hydrogens is 338 g/mol. The largest absolute Gasteiger partial charge is 0.447 e. The number of carbonyl (C=O) groups is 2. The number of hydrogen-bond acceptors (Lipinski definition) is 5. The molecule has 25 heavy (non-hydrogen) atoms. The van der Waals surface area contributed by atoms with Crippen LogP contribution < -0.4 is 15.5 Å². The number of para-hydroxylation sites is 2. The molecule has 1 aromatic carbocycles. The van der Waals surface area contributed by atoms with Gasteiger partial charge < -0.3 is 15.4 Å². The molecule has 0 bridgehead atoms. The first-order chi connectivity index (χ1) is 12.2. The van der Waals surface area contributed by atoms with Gasteiger partial charge in [0.1, 0.15) is 6.61 Å². The number of cyclic esters (lactones) is 1. The highest BCUT2D eigenvalue weighted by Crippen LogP contribution is 2.31. The van der Waals surface area contributed by atoms with E-state index in [-0.39, 0.29) is 12.0 Å². The second-order valence-corrected chi connectivity index (χ2v) is 7.20. The van der Waals surface area contributed by atoms with Gasteiger partial charge in [-0.25, -0.2) is 4.79 Å². The zero-order valence-electron chi connectivity index (χ0n) is 13.7. The number of nitrogens with one attached hydrogen (secondary N) is 2. The van der Waals surface area contributed by atoms with Gasteiger partial charge in [0.15, 0.2) is 0 Å². The predicted molar refractivity (Wildman–Crippen MR) is 97.4 cm³/mol. The van der Waals surface area contributed by atoms with Crippen LogP contribution in [0.25, 0.3) is 0 Å². The van der Waals surface area contributed by atoms with Crippen LogP contribution in [-0.4, -0.2) is 31.7 Å². The first-order valence-electron chi connectivity index (χ1n) is 8.40. The Kier molecular flexibility index (Phi) is 4.42. The van der Waals surface area contributed by atoms with Gasteiger partial charge in [-0.1, -0.05) is 12.1 Å². The Bertz CT molecular complexity index is 798. The molecule has 6 nitrogen and oxygen atoms in total. The number of ether oxygens (including phenoxy) is 1. The molecule has 0 spiro atoms. The van der Waals surface area contributed by atoms with Crippen molar-refractivity contribution < 1.29 is 14.3 Å². The molecule has 2 N–H and O–H groups in total. The summed E-state index contributed by atoms with van der Waals surface area (Å²) >= 11 is 1.52. The molecule has 0 aliphatic carbocycles. The molecule has 0 saturated carbocycles. The van der Waals surface area contributed by atoms with Gasteiger partial charge in [0.25, 0.3) is 5.91 Å². The summed E-state index contributed by atoms with van der Waals surface area (Å²) in [5.74, 6) is -0.158. The van der Waals surface area contributed by atoms with E-state index in [0.717, 1.165) is 13.0 Å². The smallest absolute Gasteiger partial charge is 0.414 e. The van der Waals surface area contributed by atoms with Gasteiger partial charge in [0.05, 0.1) is 22.8 Å². The number of hydrogen-bond donors (Lipinski definition) is 2. The summed E-state index contributed by atoms with van der Waals surface area (Å²) < 4.78 is 4.99. The number of anilines is 2. The van der Waals surface area contributed by atoms with Gasteiger partial charge in [-0.3, -0.25) is 9.69 Å². The van der Waals surface area contributed by atoms with E-state index >= 15 is 0 Å². The van der Waals surface area contributed by atoms with Gasteiger partial charge >= 0.3 is 6.09 Å². The van der Waals surface area contributed by atoms with Crippen LogP contribution in [0.1, 0.15) is 33.4 Å². The number of carbonyl (C=O) groups excluding carboxylic acids is 2. The molecule has 1 atom stereocenters. The van der Waals surface area contributed by atoms with Crippen molar-refractivity contribution >= 4 is 34.7 Å². The Hall–Kier alpha value is -2.38. The molecule has 2 aliphatic rings. The van der Waals surface area contributed by atoms with Crippen molar-refractivity contribution in [1.82, 2.24) is 5.32 Å². The molecule has 0 radical (unpaired) electrons. The van der Waals surface area contributed by atoms with Crippen LogP contribution in [0.4, 0.5) is 16.2 Å². The van der Waals surface area contributed by atoms with Crippen molar-refractivity contribution in [3.05, 3.63) is 46.2 Å². The van der Waals surface area contributed by atoms with Crippen molar-refractivity contribution in [2.24, 2.45) is 0 Å². The van der Waals surface area contributed by atoms with Crippen molar-refractivity contribution in [2.45, 2.75) is 18.9 Å². The standard InChI is InChI=1S/C18H19N3O3S/c22-17(16-8-7-15(25-16)13-5-3-9-19-13)20-12-4-1-2-6-14(12)21-10-11-24-18(21)23/h1-2,4,6-8,13,19H,3,5,9-11H2,(H,20,22)/t13-/m0/s1. The molecule has 4 rings (SSSR count). The number of nitrogens with zero attached hydrogens (tertiary/aromatic N) is 1. The van der Waals surface area contributed by atoms with Crippen molar-refractivity contribution in [1.29, 1.82) is 0 Å². The van der Waals surface area contributed by atoms with Gasteiger partial charge in [-0.05, 0) is 43.7 Å². The fraction of sp³-hybridized carbons (Fsp3) is 0.333. The lowest BCUT2D eigenvalue weighted by atomic mass is 10.2. The topological polar surface area (TPSA) is 70.7 Å². The third-order valence-corrected chi connectivity index (χ3v) is 5.66. The number of rotatable bonds is 4. The monoisotopic (exact) mass is 357 g/mol. The molecule has 1 aromatic heterocycles. The third kappa shape index (κ3) is 3.25. The molecule has 2 fully saturated rings. The Morgan fingerprint density at radius 2 is 2.16 bits per heavy atom. The van der Waals surface area contributed by atoms with Crippen molar-refractivity contribution in [3.63, 3.8) is 0 Å². The summed E-state index contributed by atoms with van der Waals surface area (Å²) in [4.78, 5) is 27.9. The summed E-state index contributed by atoms with van der Waals surface area (Å²) in [6.45, 7) is 1.88. The zero-order valence-corrected chi connectivity index (χ0v) is 14.5. The number of thiophene rings is 1. The number of amides is 2. The third-order valence-electron chi connectivity index (χ3n) is 4.46. The first kappa shape index (κ1) is 16.1. The summed E-state index contributed by atoms with van der Waals surface area (Å²) in [7, 11) is 0. The first-order valence-corrected chi connectivity index (χ1v) is 9.22. The lowest BCUT2D eigenvalue weighted by molar-refractivity contribution is 0.103. The van der Waals surface area contributed by atoms with Gasteiger partial charge in [-0.2, -0.15) is 0 Å². The Labute approximate surface area is 149 Å².